The van der Waals surface area contributed by atoms with Crippen LogP contribution in [0.25, 0.3) is 0 Å². The molecule has 1 unspecified atom stereocenters. The highest BCUT2D eigenvalue weighted by Gasteiger charge is 2.22. The zero-order chi connectivity index (χ0) is 10.5. The van der Waals surface area contributed by atoms with E-state index in [1.165, 1.54) is 19.4 Å². The van der Waals surface area contributed by atoms with E-state index in [0.29, 0.717) is 6.04 Å². The lowest BCUT2D eigenvalue weighted by Crippen LogP contribution is -2.34. The van der Waals surface area contributed by atoms with Crippen molar-refractivity contribution < 1.29 is 0 Å². The van der Waals surface area contributed by atoms with E-state index in [9.17, 15) is 0 Å². The highest BCUT2D eigenvalue weighted by Crippen LogP contribution is 2.16. The van der Waals surface area contributed by atoms with E-state index >= 15 is 0 Å². The first kappa shape index (κ1) is 10.4. The highest BCUT2D eigenvalue weighted by atomic mass is 15.2. The zero-order valence-electron chi connectivity index (χ0n) is 9.19. The monoisotopic (exact) mass is 206 g/mol. The molecule has 2 rings (SSSR count). The first-order chi connectivity index (χ1) is 7.40. The predicted molar refractivity (Wildman–Crippen MR) is 60.8 cm³/mol. The second-order valence-electron chi connectivity index (χ2n) is 3.88. The normalized spacial score (nSPS) is 21.8. The van der Waals surface area contributed by atoms with Gasteiger partial charge in [0.1, 0.15) is 0 Å². The summed E-state index contributed by atoms with van der Waals surface area (Å²) in [6.07, 6.45) is 6.13. The molecule has 0 aliphatic carbocycles. The van der Waals surface area contributed by atoms with E-state index in [-0.39, 0.29) is 0 Å². The largest absolute Gasteiger partial charge is 0.353 e. The second kappa shape index (κ2) is 5.07. The van der Waals surface area contributed by atoms with Crippen molar-refractivity contribution in [1.82, 2.24) is 14.9 Å². The van der Waals surface area contributed by atoms with Gasteiger partial charge in [-0.3, -0.25) is 4.90 Å². The minimum Gasteiger partial charge on any atom is -0.353 e. The standard InChI is InChI=1S/C11H18N4/c1-2-15-8-3-5-10(15)9-14-11-12-6-4-7-13-11/h4,6-7,10H,2-3,5,8-9H2,1H3,(H,12,13,14). The molecule has 1 atom stereocenters. The Hall–Kier alpha value is -1.16. The van der Waals surface area contributed by atoms with E-state index in [2.05, 4.69) is 27.1 Å². The Bertz CT molecular complexity index is 288. The van der Waals surface area contributed by atoms with Crippen LogP contribution in [-0.2, 0) is 0 Å². The molecule has 1 aliphatic rings. The van der Waals surface area contributed by atoms with Gasteiger partial charge in [0.15, 0.2) is 0 Å². The molecule has 1 aromatic heterocycles. The summed E-state index contributed by atoms with van der Waals surface area (Å²) in [5.74, 6) is 0.737. The summed E-state index contributed by atoms with van der Waals surface area (Å²) in [5.41, 5.74) is 0. The lowest BCUT2D eigenvalue weighted by atomic mass is 10.2. The molecule has 0 radical (unpaired) electrons. The average molecular weight is 206 g/mol. The van der Waals surface area contributed by atoms with Crippen LogP contribution in [0.5, 0.6) is 0 Å². The second-order valence-corrected chi connectivity index (χ2v) is 3.88. The number of hydrogen-bond acceptors (Lipinski definition) is 4. The predicted octanol–water partition coefficient (Wildman–Crippen LogP) is 1.37. The van der Waals surface area contributed by atoms with E-state index in [0.717, 1.165) is 19.0 Å². The number of rotatable bonds is 4. The summed E-state index contributed by atoms with van der Waals surface area (Å²) < 4.78 is 0. The molecule has 1 aromatic rings. The summed E-state index contributed by atoms with van der Waals surface area (Å²) in [6.45, 7) is 5.55. The Balaban J connectivity index is 1.83. The van der Waals surface area contributed by atoms with Crippen LogP contribution in [0.3, 0.4) is 0 Å². The van der Waals surface area contributed by atoms with Crippen molar-refractivity contribution in [2.24, 2.45) is 0 Å². The minimum atomic E-state index is 0.652. The van der Waals surface area contributed by atoms with E-state index in [1.54, 1.807) is 12.4 Å². The van der Waals surface area contributed by atoms with Gasteiger partial charge in [0.2, 0.25) is 5.95 Å². The zero-order valence-corrected chi connectivity index (χ0v) is 9.19. The Labute approximate surface area is 90.7 Å². The first-order valence-corrected chi connectivity index (χ1v) is 5.65. The topological polar surface area (TPSA) is 41.0 Å². The molecule has 0 saturated carbocycles. The Morgan fingerprint density at radius 3 is 3.00 bits per heavy atom. The summed E-state index contributed by atoms with van der Waals surface area (Å²) in [6, 6.07) is 2.48. The van der Waals surface area contributed by atoms with Gasteiger partial charge in [0.25, 0.3) is 0 Å². The molecular weight excluding hydrogens is 188 g/mol. The third-order valence-electron chi connectivity index (χ3n) is 2.97. The molecule has 4 heteroatoms. The Morgan fingerprint density at radius 2 is 2.27 bits per heavy atom. The van der Waals surface area contributed by atoms with Gasteiger partial charge in [-0.2, -0.15) is 0 Å². The van der Waals surface area contributed by atoms with Gasteiger partial charge in [-0.1, -0.05) is 6.92 Å². The maximum Gasteiger partial charge on any atom is 0.222 e. The van der Waals surface area contributed by atoms with Gasteiger partial charge in [-0.15, -0.1) is 0 Å². The van der Waals surface area contributed by atoms with Crippen molar-refractivity contribution in [3.63, 3.8) is 0 Å². The maximum absolute atomic E-state index is 4.15. The van der Waals surface area contributed by atoms with Gasteiger partial charge < -0.3 is 5.32 Å². The quantitative estimate of drug-likeness (QED) is 0.808. The SMILES string of the molecule is CCN1CCCC1CNc1ncccn1. The number of nitrogens with one attached hydrogen (secondary N) is 1. The molecule has 82 valence electrons. The fourth-order valence-corrected chi connectivity index (χ4v) is 2.14. The minimum absolute atomic E-state index is 0.652. The van der Waals surface area contributed by atoms with Crippen molar-refractivity contribution in [1.29, 1.82) is 0 Å². The maximum atomic E-state index is 4.15. The van der Waals surface area contributed by atoms with Crippen molar-refractivity contribution in [2.45, 2.75) is 25.8 Å². The van der Waals surface area contributed by atoms with Crippen LogP contribution in [0, 0.1) is 0 Å². The van der Waals surface area contributed by atoms with Gasteiger partial charge >= 0.3 is 0 Å². The van der Waals surface area contributed by atoms with Crippen LogP contribution in [0.2, 0.25) is 0 Å². The number of likely N-dealkylation sites (N-methyl/N-ethyl adjacent to an activating group) is 1. The molecule has 1 fully saturated rings. The smallest absolute Gasteiger partial charge is 0.222 e. The van der Waals surface area contributed by atoms with E-state index < -0.39 is 0 Å². The van der Waals surface area contributed by atoms with Crippen LogP contribution in [0.1, 0.15) is 19.8 Å². The van der Waals surface area contributed by atoms with Crippen molar-refractivity contribution in [2.75, 3.05) is 25.0 Å². The number of nitrogens with zero attached hydrogens (tertiary/aromatic N) is 3. The summed E-state index contributed by atoms with van der Waals surface area (Å²) >= 11 is 0. The van der Waals surface area contributed by atoms with Crippen molar-refractivity contribution >= 4 is 5.95 Å². The third-order valence-corrected chi connectivity index (χ3v) is 2.97. The molecule has 0 amide bonds. The molecule has 2 heterocycles. The Kier molecular flexibility index (Phi) is 3.50. The third kappa shape index (κ3) is 2.65. The number of hydrogen-bond donors (Lipinski definition) is 1. The van der Waals surface area contributed by atoms with Crippen LogP contribution in [0.15, 0.2) is 18.5 Å². The fraction of sp³-hybridized carbons (Fsp3) is 0.636. The van der Waals surface area contributed by atoms with Crippen molar-refractivity contribution in [3.05, 3.63) is 18.5 Å². The summed E-state index contributed by atoms with van der Waals surface area (Å²) in [5, 5.41) is 3.29. The van der Waals surface area contributed by atoms with Crippen LogP contribution < -0.4 is 5.32 Å². The van der Waals surface area contributed by atoms with Crippen molar-refractivity contribution in [3.8, 4) is 0 Å². The summed E-state index contributed by atoms with van der Waals surface area (Å²) in [7, 11) is 0. The number of anilines is 1. The molecule has 4 nitrogen and oxygen atoms in total. The number of aromatic nitrogens is 2. The molecule has 0 spiro atoms. The number of likely N-dealkylation sites (tertiary alicyclic amines) is 1. The molecule has 15 heavy (non-hydrogen) atoms. The molecular formula is C11H18N4. The van der Waals surface area contributed by atoms with Gasteiger partial charge in [0.05, 0.1) is 0 Å². The van der Waals surface area contributed by atoms with Crippen LogP contribution in [0.4, 0.5) is 5.95 Å². The fourth-order valence-electron chi connectivity index (χ4n) is 2.14. The van der Waals surface area contributed by atoms with Gasteiger partial charge in [0, 0.05) is 25.0 Å². The first-order valence-electron chi connectivity index (χ1n) is 5.65. The average Bonchev–Trinajstić information content (AvgIpc) is 2.75. The van der Waals surface area contributed by atoms with E-state index in [4.69, 9.17) is 0 Å². The van der Waals surface area contributed by atoms with E-state index in [1.807, 2.05) is 6.07 Å². The molecule has 1 saturated heterocycles. The molecule has 1 N–H and O–H groups in total. The van der Waals surface area contributed by atoms with Crippen LogP contribution in [-0.4, -0.2) is 40.5 Å². The molecule has 1 aliphatic heterocycles. The molecule has 0 aromatic carbocycles. The van der Waals surface area contributed by atoms with Gasteiger partial charge in [-0.05, 0) is 32.0 Å². The van der Waals surface area contributed by atoms with Gasteiger partial charge in [-0.25, -0.2) is 9.97 Å². The highest BCUT2D eigenvalue weighted by molar-refractivity contribution is 5.22. The lowest BCUT2D eigenvalue weighted by molar-refractivity contribution is 0.277. The van der Waals surface area contributed by atoms with Crippen LogP contribution >= 0.6 is 0 Å². The summed E-state index contributed by atoms with van der Waals surface area (Å²) in [4.78, 5) is 10.8. The molecule has 0 bridgehead atoms. The Morgan fingerprint density at radius 1 is 1.47 bits per heavy atom. The lowest BCUT2D eigenvalue weighted by Gasteiger charge is -2.22.